The quantitative estimate of drug-likeness (QED) is 0.548. The molecule has 1 saturated heterocycles. The van der Waals surface area contributed by atoms with Gasteiger partial charge in [-0.2, -0.15) is 0 Å². The molecule has 0 saturated carbocycles. The molecule has 2 atom stereocenters. The zero-order valence-electron chi connectivity index (χ0n) is 18.1. The lowest BCUT2D eigenvalue weighted by atomic mass is 9.99. The van der Waals surface area contributed by atoms with E-state index in [1.165, 1.54) is 0 Å². The summed E-state index contributed by atoms with van der Waals surface area (Å²) < 4.78 is 12.1. The Morgan fingerprint density at radius 2 is 1.52 bits per heavy atom. The van der Waals surface area contributed by atoms with Gasteiger partial charge in [0.25, 0.3) is 5.91 Å². The summed E-state index contributed by atoms with van der Waals surface area (Å²) in [6.45, 7) is 0. The number of amides is 2. The van der Waals surface area contributed by atoms with Gasteiger partial charge >= 0.3 is 5.91 Å². The molecule has 0 aromatic heterocycles. The van der Waals surface area contributed by atoms with E-state index in [0.717, 1.165) is 16.9 Å². The second-order valence-electron chi connectivity index (χ2n) is 7.46. The number of nitrogens with one attached hydrogen (secondary N) is 2. The number of methoxy groups -OCH3 is 2. The van der Waals surface area contributed by atoms with Crippen LogP contribution in [0.3, 0.4) is 0 Å². The maximum atomic E-state index is 12.9. The zero-order chi connectivity index (χ0) is 23.4. The van der Waals surface area contributed by atoms with Crippen molar-refractivity contribution in [3.05, 3.63) is 94.5 Å². The predicted molar refractivity (Wildman–Crippen MR) is 125 cm³/mol. The van der Waals surface area contributed by atoms with E-state index < -0.39 is 12.1 Å². The van der Waals surface area contributed by atoms with Crippen molar-refractivity contribution in [1.29, 1.82) is 0 Å². The van der Waals surface area contributed by atoms with Crippen molar-refractivity contribution in [2.24, 2.45) is 0 Å². The third-order valence-electron chi connectivity index (χ3n) is 5.39. The number of nitrogens with zero attached hydrogens (tertiary/aromatic N) is 1. The van der Waals surface area contributed by atoms with Crippen LogP contribution in [0.5, 0.6) is 11.5 Å². The van der Waals surface area contributed by atoms with Gasteiger partial charge in [0.2, 0.25) is 12.3 Å². The highest BCUT2D eigenvalue weighted by Gasteiger charge is 2.47. The van der Waals surface area contributed by atoms with E-state index in [-0.39, 0.29) is 11.8 Å². The number of hydrazone groups is 1. The molecule has 4 rings (SSSR count). The highest BCUT2D eigenvalue weighted by Crippen LogP contribution is 2.27. The van der Waals surface area contributed by atoms with E-state index in [0.29, 0.717) is 16.3 Å². The van der Waals surface area contributed by atoms with Crippen LogP contribution in [0.4, 0.5) is 0 Å². The first-order valence-corrected chi connectivity index (χ1v) is 10.6. The molecular formula is C25H23ClN3O4+. The molecule has 168 valence electrons. The molecule has 0 aliphatic carbocycles. The molecule has 7 nitrogen and oxygen atoms in total. The zero-order valence-corrected chi connectivity index (χ0v) is 18.9. The number of hydrazine groups is 1. The minimum Gasteiger partial charge on any atom is -0.497 e. The minimum atomic E-state index is -0.824. The average Bonchev–Trinajstić information content (AvgIpc) is 3.14. The van der Waals surface area contributed by atoms with Gasteiger partial charge in [-0.1, -0.05) is 23.7 Å². The van der Waals surface area contributed by atoms with Crippen LogP contribution in [0, 0.1) is 0 Å². The molecule has 2 N–H and O–H groups in total. The summed E-state index contributed by atoms with van der Waals surface area (Å²) >= 11 is 6.07. The van der Waals surface area contributed by atoms with Crippen molar-refractivity contribution in [1.82, 2.24) is 10.7 Å². The van der Waals surface area contributed by atoms with Gasteiger partial charge in [-0.15, -0.1) is 10.1 Å². The van der Waals surface area contributed by atoms with Gasteiger partial charge in [-0.05, 0) is 60.7 Å². The molecular weight excluding hydrogens is 442 g/mol. The number of carbonyl (C=O) groups excluding carboxylic acids is 2. The normalized spacial score (nSPS) is 18.6. The number of rotatable bonds is 6. The summed E-state index contributed by atoms with van der Waals surface area (Å²) in [6.07, 6.45) is 1.82. The van der Waals surface area contributed by atoms with E-state index in [2.05, 4.69) is 10.7 Å². The third-order valence-corrected chi connectivity index (χ3v) is 5.64. The highest BCUT2D eigenvalue weighted by atomic mass is 35.5. The molecule has 8 heteroatoms. The lowest BCUT2D eigenvalue weighted by Gasteiger charge is -2.15. The monoisotopic (exact) mass is 464 g/mol. The first-order valence-electron chi connectivity index (χ1n) is 10.3. The largest absolute Gasteiger partial charge is 0.497 e. The van der Waals surface area contributed by atoms with Crippen molar-refractivity contribution in [2.45, 2.75) is 12.1 Å². The number of benzene rings is 3. The van der Waals surface area contributed by atoms with E-state index in [1.54, 1.807) is 55.3 Å². The second kappa shape index (κ2) is 9.75. The van der Waals surface area contributed by atoms with Gasteiger partial charge in [0.1, 0.15) is 11.5 Å². The van der Waals surface area contributed by atoms with E-state index in [9.17, 15) is 9.59 Å². The van der Waals surface area contributed by atoms with Crippen LogP contribution in [0.15, 0.2) is 72.8 Å². The summed E-state index contributed by atoms with van der Waals surface area (Å²) in [5, 5.41) is 3.46. The molecule has 0 bridgehead atoms. The van der Waals surface area contributed by atoms with Crippen LogP contribution in [-0.4, -0.2) is 43.0 Å². The summed E-state index contributed by atoms with van der Waals surface area (Å²) in [4.78, 5) is 25.9. The van der Waals surface area contributed by atoms with Crippen molar-refractivity contribution in [2.75, 3.05) is 14.2 Å². The Balaban J connectivity index is 1.66. The molecule has 3 aromatic rings. The topological polar surface area (TPSA) is 79.7 Å². The van der Waals surface area contributed by atoms with Crippen molar-refractivity contribution in [3.8, 4) is 11.5 Å². The standard InChI is InChI=1S/C25H22ClN3O4/c1-32-20-11-3-16(4-12-20)15-29-23(17-5-9-19(26)10-6-17)22(25(31)28-29)27-24(30)18-7-13-21(33-2)14-8-18/h3-15,22-23H,1-2H3,(H-,27,28,30,31)/p+1/b29-15-/t22-,23-/m0/s1. The molecule has 0 spiro atoms. The summed E-state index contributed by atoms with van der Waals surface area (Å²) in [5.74, 6) is 0.700. The number of carbonyl (C=O) groups is 2. The van der Waals surface area contributed by atoms with E-state index in [1.807, 2.05) is 42.6 Å². The number of ether oxygens (including phenoxy) is 2. The smallest absolute Gasteiger partial charge is 0.304 e. The van der Waals surface area contributed by atoms with Gasteiger partial charge in [-0.25, -0.2) is 0 Å². The predicted octanol–water partition coefficient (Wildman–Crippen LogP) is 3.37. The minimum absolute atomic E-state index is 0.318. The maximum absolute atomic E-state index is 12.9. The van der Waals surface area contributed by atoms with Crippen LogP contribution in [0.1, 0.15) is 27.5 Å². The fourth-order valence-corrected chi connectivity index (χ4v) is 3.78. The molecule has 0 unspecified atom stereocenters. The third kappa shape index (κ3) is 4.99. The average molecular weight is 465 g/mol. The molecule has 0 radical (unpaired) electrons. The van der Waals surface area contributed by atoms with Gasteiger partial charge in [0, 0.05) is 21.7 Å². The Labute approximate surface area is 196 Å². The van der Waals surface area contributed by atoms with Crippen LogP contribution in [0.25, 0.3) is 0 Å². The molecule has 33 heavy (non-hydrogen) atoms. The Morgan fingerprint density at radius 3 is 2.09 bits per heavy atom. The Bertz CT molecular complexity index is 1180. The van der Waals surface area contributed by atoms with Gasteiger partial charge in [0.15, 0.2) is 6.04 Å². The lowest BCUT2D eigenvalue weighted by molar-refractivity contribution is -0.596. The maximum Gasteiger partial charge on any atom is 0.304 e. The molecule has 1 heterocycles. The molecule has 1 fully saturated rings. The molecule has 2 amide bonds. The molecule has 3 aromatic carbocycles. The number of hydrogen-bond donors (Lipinski definition) is 2. The summed E-state index contributed by atoms with van der Waals surface area (Å²) in [7, 11) is 3.16. The highest BCUT2D eigenvalue weighted by molar-refractivity contribution is 6.30. The Hall–Kier alpha value is -3.84. The van der Waals surface area contributed by atoms with Gasteiger partial charge in [-0.3, -0.25) is 9.59 Å². The molecule has 1 aliphatic rings. The Morgan fingerprint density at radius 1 is 0.939 bits per heavy atom. The first-order chi connectivity index (χ1) is 16.0. The lowest BCUT2D eigenvalue weighted by Crippen LogP contribution is -2.42. The van der Waals surface area contributed by atoms with E-state index >= 15 is 0 Å². The Kier molecular flexibility index (Phi) is 6.60. The summed E-state index contributed by atoms with van der Waals surface area (Å²) in [6, 6.07) is 20.0. The number of hydrogen-bond acceptors (Lipinski definition) is 4. The fourth-order valence-electron chi connectivity index (χ4n) is 3.66. The van der Waals surface area contributed by atoms with Crippen LogP contribution < -0.4 is 20.2 Å². The van der Waals surface area contributed by atoms with Crippen molar-refractivity contribution >= 4 is 29.6 Å². The van der Waals surface area contributed by atoms with Gasteiger partial charge in [0.05, 0.1) is 14.2 Å². The second-order valence-corrected chi connectivity index (χ2v) is 7.90. The number of halogens is 1. The van der Waals surface area contributed by atoms with Crippen molar-refractivity contribution in [3.63, 3.8) is 0 Å². The van der Waals surface area contributed by atoms with Crippen molar-refractivity contribution < 1.29 is 23.7 Å². The first kappa shape index (κ1) is 22.4. The van der Waals surface area contributed by atoms with Crippen LogP contribution in [0.2, 0.25) is 5.02 Å². The molecule has 1 aliphatic heterocycles. The van der Waals surface area contributed by atoms with Crippen LogP contribution in [-0.2, 0) is 4.79 Å². The van der Waals surface area contributed by atoms with Gasteiger partial charge < -0.3 is 14.8 Å². The SMILES string of the molecule is COc1ccc(/C=[N+]2\NC(=O)[C@@H](NC(=O)c3ccc(OC)cc3)[C@@H]2c2ccc(Cl)cc2)cc1. The fraction of sp³-hybridized carbons (Fsp3) is 0.160. The summed E-state index contributed by atoms with van der Waals surface area (Å²) in [5.41, 5.74) is 4.97. The van der Waals surface area contributed by atoms with E-state index in [4.69, 9.17) is 21.1 Å². The van der Waals surface area contributed by atoms with Crippen LogP contribution >= 0.6 is 11.6 Å².